The van der Waals surface area contributed by atoms with Gasteiger partial charge in [0.1, 0.15) is 5.00 Å². The van der Waals surface area contributed by atoms with Crippen molar-refractivity contribution in [2.45, 2.75) is 26.3 Å². The molecular weight excluding hydrogens is 278 g/mol. The molecule has 1 aliphatic rings. The number of rotatable bonds is 4. The molecule has 2 rings (SSSR count). The van der Waals surface area contributed by atoms with Gasteiger partial charge < -0.3 is 15.4 Å². The molecule has 0 bridgehead atoms. The Bertz CT molecular complexity index is 513. The zero-order valence-corrected chi connectivity index (χ0v) is 12.5. The lowest BCUT2D eigenvalue weighted by Crippen LogP contribution is -2.29. The number of urea groups is 1. The fourth-order valence-electron chi connectivity index (χ4n) is 2.13. The molecule has 0 fully saturated rings. The van der Waals surface area contributed by atoms with Crippen LogP contribution in [0.4, 0.5) is 9.80 Å². The van der Waals surface area contributed by atoms with E-state index in [0.29, 0.717) is 17.1 Å². The highest BCUT2D eigenvalue weighted by atomic mass is 32.1. The summed E-state index contributed by atoms with van der Waals surface area (Å²) < 4.78 is 4.84. The molecule has 7 heteroatoms. The van der Waals surface area contributed by atoms with Crippen LogP contribution in [0.3, 0.4) is 0 Å². The Morgan fingerprint density at radius 3 is 2.95 bits per heavy atom. The molecule has 0 spiro atoms. The van der Waals surface area contributed by atoms with Gasteiger partial charge in [-0.25, -0.2) is 9.59 Å². The predicted molar refractivity (Wildman–Crippen MR) is 78.4 cm³/mol. The Labute approximate surface area is 121 Å². The Morgan fingerprint density at radius 2 is 2.25 bits per heavy atom. The summed E-state index contributed by atoms with van der Waals surface area (Å²) in [6.07, 6.45) is 1.64. The molecule has 2 heterocycles. The largest absolute Gasteiger partial charge is 0.465 e. The lowest BCUT2D eigenvalue weighted by molar-refractivity contribution is 0.0601. The van der Waals surface area contributed by atoms with Gasteiger partial charge in [0.25, 0.3) is 0 Å². The summed E-state index contributed by atoms with van der Waals surface area (Å²) in [4.78, 5) is 24.8. The number of amides is 2. The molecule has 0 aliphatic carbocycles. The van der Waals surface area contributed by atoms with Crippen molar-refractivity contribution >= 4 is 28.3 Å². The van der Waals surface area contributed by atoms with Crippen LogP contribution in [0.15, 0.2) is 0 Å². The third-order valence-corrected chi connectivity index (χ3v) is 4.23. The summed E-state index contributed by atoms with van der Waals surface area (Å²) in [6, 6.07) is -0.288. The molecule has 0 saturated carbocycles. The Morgan fingerprint density at radius 1 is 1.45 bits per heavy atom. The van der Waals surface area contributed by atoms with Gasteiger partial charge in [-0.05, 0) is 24.9 Å². The van der Waals surface area contributed by atoms with Crippen molar-refractivity contribution in [3.8, 4) is 0 Å². The maximum atomic E-state index is 12.0. The number of ether oxygens (including phenoxy) is 1. The monoisotopic (exact) mass is 297 g/mol. The van der Waals surface area contributed by atoms with Crippen LogP contribution in [0.25, 0.3) is 0 Å². The van der Waals surface area contributed by atoms with Crippen LogP contribution in [0.2, 0.25) is 0 Å². The molecule has 0 radical (unpaired) electrons. The van der Waals surface area contributed by atoms with E-state index in [-0.39, 0.29) is 6.03 Å². The molecule has 3 N–H and O–H groups in total. The molecule has 110 valence electrons. The summed E-state index contributed by atoms with van der Waals surface area (Å²) in [5.74, 6) is -0.393. The lowest BCUT2D eigenvalue weighted by Gasteiger charge is -2.13. The zero-order chi connectivity index (χ0) is 14.5. The van der Waals surface area contributed by atoms with E-state index < -0.39 is 5.97 Å². The molecule has 20 heavy (non-hydrogen) atoms. The van der Waals surface area contributed by atoms with Gasteiger partial charge in [-0.15, -0.1) is 11.3 Å². The highest BCUT2D eigenvalue weighted by molar-refractivity contribution is 7.17. The SMILES string of the molecule is CCCNC(=O)Nc1sc2c(c1C(=O)OC)CCNC2. The second-order valence-corrected chi connectivity index (χ2v) is 5.61. The van der Waals surface area contributed by atoms with E-state index in [1.807, 2.05) is 6.92 Å². The lowest BCUT2D eigenvalue weighted by atomic mass is 10.0. The quantitative estimate of drug-likeness (QED) is 0.739. The van der Waals surface area contributed by atoms with Crippen LogP contribution in [0.1, 0.15) is 34.1 Å². The zero-order valence-electron chi connectivity index (χ0n) is 11.7. The maximum Gasteiger partial charge on any atom is 0.341 e. The minimum Gasteiger partial charge on any atom is -0.465 e. The molecule has 2 amide bonds. The van der Waals surface area contributed by atoms with Crippen molar-refractivity contribution in [2.24, 2.45) is 0 Å². The van der Waals surface area contributed by atoms with E-state index in [4.69, 9.17) is 4.74 Å². The van der Waals surface area contributed by atoms with Crippen molar-refractivity contribution in [1.82, 2.24) is 10.6 Å². The summed E-state index contributed by atoms with van der Waals surface area (Å²) in [5, 5.41) is 9.32. The Kier molecular flexibility index (Phi) is 4.97. The third kappa shape index (κ3) is 3.10. The molecule has 1 aromatic heterocycles. The average molecular weight is 297 g/mol. The first-order valence-corrected chi connectivity index (χ1v) is 7.47. The normalized spacial score (nSPS) is 13.5. The minimum atomic E-state index is -0.393. The van der Waals surface area contributed by atoms with Gasteiger partial charge in [0.2, 0.25) is 0 Å². The second-order valence-electron chi connectivity index (χ2n) is 4.51. The molecule has 0 saturated heterocycles. The van der Waals surface area contributed by atoms with Gasteiger partial charge in [-0.3, -0.25) is 5.32 Å². The van der Waals surface area contributed by atoms with E-state index in [1.165, 1.54) is 18.4 Å². The van der Waals surface area contributed by atoms with Crippen molar-refractivity contribution in [3.05, 3.63) is 16.0 Å². The van der Waals surface area contributed by atoms with Crippen molar-refractivity contribution < 1.29 is 14.3 Å². The van der Waals surface area contributed by atoms with E-state index in [1.54, 1.807) is 0 Å². The van der Waals surface area contributed by atoms with Crippen LogP contribution >= 0.6 is 11.3 Å². The van der Waals surface area contributed by atoms with E-state index in [0.717, 1.165) is 36.4 Å². The van der Waals surface area contributed by atoms with E-state index in [9.17, 15) is 9.59 Å². The van der Waals surface area contributed by atoms with Crippen LogP contribution in [-0.4, -0.2) is 32.2 Å². The smallest absolute Gasteiger partial charge is 0.341 e. The third-order valence-electron chi connectivity index (χ3n) is 3.08. The first-order valence-electron chi connectivity index (χ1n) is 6.65. The molecule has 0 atom stereocenters. The molecule has 0 unspecified atom stereocenters. The van der Waals surface area contributed by atoms with Gasteiger partial charge in [-0.2, -0.15) is 0 Å². The number of hydrogen-bond donors (Lipinski definition) is 3. The molecule has 0 aromatic carbocycles. The number of anilines is 1. The molecular formula is C13H19N3O3S. The average Bonchev–Trinajstić information content (AvgIpc) is 2.82. The molecule has 6 nitrogen and oxygen atoms in total. The van der Waals surface area contributed by atoms with Crippen LogP contribution < -0.4 is 16.0 Å². The first-order chi connectivity index (χ1) is 9.67. The predicted octanol–water partition coefficient (Wildman–Crippen LogP) is 1.71. The molecule has 1 aliphatic heterocycles. The van der Waals surface area contributed by atoms with Crippen molar-refractivity contribution in [1.29, 1.82) is 0 Å². The van der Waals surface area contributed by atoms with Gasteiger partial charge in [-0.1, -0.05) is 6.92 Å². The number of esters is 1. The Hall–Kier alpha value is -1.60. The number of hydrogen-bond acceptors (Lipinski definition) is 5. The number of thiophene rings is 1. The number of fused-ring (bicyclic) bond motifs is 1. The number of carbonyl (C=O) groups is 2. The van der Waals surface area contributed by atoms with E-state index in [2.05, 4.69) is 16.0 Å². The fraction of sp³-hybridized carbons (Fsp3) is 0.538. The van der Waals surface area contributed by atoms with E-state index >= 15 is 0 Å². The summed E-state index contributed by atoms with van der Waals surface area (Å²) in [5.41, 5.74) is 1.49. The fourth-order valence-corrected chi connectivity index (χ4v) is 3.33. The number of methoxy groups -OCH3 is 1. The molecule has 1 aromatic rings. The first kappa shape index (κ1) is 14.8. The number of nitrogens with one attached hydrogen (secondary N) is 3. The second kappa shape index (κ2) is 6.71. The van der Waals surface area contributed by atoms with Gasteiger partial charge in [0.15, 0.2) is 0 Å². The number of carbonyl (C=O) groups excluding carboxylic acids is 2. The summed E-state index contributed by atoms with van der Waals surface area (Å²) in [6.45, 7) is 4.14. The van der Waals surface area contributed by atoms with Gasteiger partial charge in [0.05, 0.1) is 12.7 Å². The standard InChI is InChI=1S/C13H19N3O3S/c1-3-5-15-13(18)16-11-10(12(17)19-2)8-4-6-14-7-9(8)20-11/h14H,3-7H2,1-2H3,(H2,15,16,18). The van der Waals surface area contributed by atoms with Crippen LogP contribution in [0.5, 0.6) is 0 Å². The van der Waals surface area contributed by atoms with Gasteiger partial charge >= 0.3 is 12.0 Å². The highest BCUT2D eigenvalue weighted by Gasteiger charge is 2.26. The Balaban J connectivity index is 2.25. The van der Waals surface area contributed by atoms with Crippen molar-refractivity contribution in [2.75, 3.05) is 25.5 Å². The van der Waals surface area contributed by atoms with Crippen molar-refractivity contribution in [3.63, 3.8) is 0 Å². The topological polar surface area (TPSA) is 79.5 Å². The van der Waals surface area contributed by atoms with Crippen LogP contribution in [-0.2, 0) is 17.7 Å². The minimum absolute atomic E-state index is 0.288. The van der Waals surface area contributed by atoms with Gasteiger partial charge in [0, 0.05) is 18.0 Å². The maximum absolute atomic E-state index is 12.0. The summed E-state index contributed by atoms with van der Waals surface area (Å²) in [7, 11) is 1.36. The van der Waals surface area contributed by atoms with Crippen LogP contribution in [0, 0.1) is 0 Å². The highest BCUT2D eigenvalue weighted by Crippen LogP contribution is 2.35. The summed E-state index contributed by atoms with van der Waals surface area (Å²) >= 11 is 1.43.